The van der Waals surface area contributed by atoms with E-state index in [1.165, 1.54) is 11.8 Å². The molecular formula is C17H17NO3S. The Kier molecular flexibility index (Phi) is 3.74. The fraction of sp³-hybridized carbons (Fsp3) is 0.235. The number of rotatable bonds is 3. The lowest BCUT2D eigenvalue weighted by molar-refractivity contribution is 0.254. The van der Waals surface area contributed by atoms with Crippen LogP contribution < -0.4 is 4.74 Å². The summed E-state index contributed by atoms with van der Waals surface area (Å²) < 4.78 is 28.5. The van der Waals surface area contributed by atoms with Gasteiger partial charge < -0.3 is 4.74 Å². The van der Waals surface area contributed by atoms with Gasteiger partial charge in [0.2, 0.25) is 0 Å². The molecule has 2 aromatic carbocycles. The Balaban J connectivity index is 1.79. The van der Waals surface area contributed by atoms with Gasteiger partial charge in [0.25, 0.3) is 0 Å². The Labute approximate surface area is 130 Å². The van der Waals surface area contributed by atoms with Gasteiger partial charge in [-0.3, -0.25) is 4.99 Å². The van der Waals surface area contributed by atoms with Crippen molar-refractivity contribution in [1.82, 2.24) is 0 Å². The average Bonchev–Trinajstić information content (AvgIpc) is 2.84. The van der Waals surface area contributed by atoms with Gasteiger partial charge in [0.05, 0.1) is 10.6 Å². The molecule has 0 aromatic heterocycles. The molecule has 1 heterocycles. The maximum Gasteiger partial charge on any atom is 0.175 e. The highest BCUT2D eigenvalue weighted by Crippen LogP contribution is 2.29. The van der Waals surface area contributed by atoms with E-state index in [-0.39, 0.29) is 6.10 Å². The normalized spacial score (nSPS) is 17.5. The molecule has 3 rings (SSSR count). The summed E-state index contributed by atoms with van der Waals surface area (Å²) in [5.41, 5.74) is 2.92. The molecule has 0 radical (unpaired) electrons. The third kappa shape index (κ3) is 3.20. The van der Waals surface area contributed by atoms with E-state index in [1.54, 1.807) is 30.5 Å². The van der Waals surface area contributed by atoms with Crippen molar-refractivity contribution in [2.24, 2.45) is 4.99 Å². The number of hydrogen-bond acceptors (Lipinski definition) is 4. The van der Waals surface area contributed by atoms with Gasteiger partial charge in [-0.1, -0.05) is 0 Å². The van der Waals surface area contributed by atoms with Gasteiger partial charge in [-0.05, 0) is 60.5 Å². The first-order valence-corrected chi connectivity index (χ1v) is 8.95. The van der Waals surface area contributed by atoms with Crippen LogP contribution in [0.25, 0.3) is 0 Å². The topological polar surface area (TPSA) is 55.7 Å². The van der Waals surface area contributed by atoms with Crippen molar-refractivity contribution in [1.29, 1.82) is 0 Å². The van der Waals surface area contributed by atoms with Crippen molar-refractivity contribution >= 4 is 21.7 Å². The molecule has 114 valence electrons. The van der Waals surface area contributed by atoms with E-state index in [4.69, 9.17) is 4.74 Å². The van der Waals surface area contributed by atoms with Crippen LogP contribution in [0.5, 0.6) is 5.75 Å². The van der Waals surface area contributed by atoms with Crippen molar-refractivity contribution in [3.8, 4) is 5.75 Å². The first kappa shape index (κ1) is 14.8. The molecule has 0 bridgehead atoms. The quantitative estimate of drug-likeness (QED) is 0.818. The van der Waals surface area contributed by atoms with Crippen molar-refractivity contribution in [3.63, 3.8) is 0 Å². The van der Waals surface area contributed by atoms with E-state index in [0.29, 0.717) is 4.90 Å². The smallest absolute Gasteiger partial charge is 0.175 e. The molecule has 5 heteroatoms. The number of aliphatic imine (C=N–C) groups is 1. The van der Waals surface area contributed by atoms with Crippen LogP contribution in [0.4, 0.5) is 5.69 Å². The number of ether oxygens (including phenoxy) is 1. The van der Waals surface area contributed by atoms with E-state index < -0.39 is 9.84 Å². The molecule has 22 heavy (non-hydrogen) atoms. The third-order valence-corrected chi connectivity index (χ3v) is 4.68. The minimum atomic E-state index is -3.16. The zero-order chi connectivity index (χ0) is 15.7. The molecule has 1 atom stereocenters. The standard InChI is InChI=1S/C17H17NO3S/c1-12-9-14-10-13(3-8-17(14)21-12)11-18-15-4-6-16(7-5-15)22(2,19)20/h3-8,10-12H,9H2,1-2H3. The fourth-order valence-electron chi connectivity index (χ4n) is 2.45. The van der Waals surface area contributed by atoms with Crippen LogP contribution in [0.1, 0.15) is 18.1 Å². The molecule has 0 saturated carbocycles. The first-order chi connectivity index (χ1) is 10.4. The number of benzene rings is 2. The highest BCUT2D eigenvalue weighted by molar-refractivity contribution is 7.90. The van der Waals surface area contributed by atoms with Gasteiger partial charge in [0, 0.05) is 18.9 Å². The number of sulfone groups is 1. The van der Waals surface area contributed by atoms with Crippen LogP contribution in [0.2, 0.25) is 0 Å². The maximum atomic E-state index is 11.4. The van der Waals surface area contributed by atoms with Gasteiger partial charge in [0.1, 0.15) is 11.9 Å². The second kappa shape index (κ2) is 5.57. The summed E-state index contributed by atoms with van der Waals surface area (Å²) in [6, 6.07) is 12.5. The van der Waals surface area contributed by atoms with Crippen LogP contribution in [-0.2, 0) is 16.3 Å². The Hall–Kier alpha value is -2.14. The molecule has 2 aromatic rings. The lowest BCUT2D eigenvalue weighted by Crippen LogP contribution is -2.05. The maximum absolute atomic E-state index is 11.4. The van der Waals surface area contributed by atoms with Crippen LogP contribution in [-0.4, -0.2) is 27.0 Å². The van der Waals surface area contributed by atoms with Crippen molar-refractivity contribution in [3.05, 3.63) is 53.6 Å². The van der Waals surface area contributed by atoms with Gasteiger partial charge in [-0.15, -0.1) is 0 Å². The summed E-state index contributed by atoms with van der Waals surface area (Å²) in [5, 5.41) is 0. The second-order valence-corrected chi connectivity index (χ2v) is 7.54. The first-order valence-electron chi connectivity index (χ1n) is 7.05. The van der Waals surface area contributed by atoms with Crippen molar-refractivity contribution < 1.29 is 13.2 Å². The summed E-state index contributed by atoms with van der Waals surface area (Å²) in [5.74, 6) is 0.946. The molecule has 0 amide bonds. The van der Waals surface area contributed by atoms with Crippen molar-refractivity contribution in [2.45, 2.75) is 24.3 Å². The largest absolute Gasteiger partial charge is 0.490 e. The predicted octanol–water partition coefficient (Wildman–Crippen LogP) is 3.16. The average molecular weight is 315 g/mol. The predicted molar refractivity (Wildman–Crippen MR) is 87.0 cm³/mol. The number of hydrogen-bond donors (Lipinski definition) is 0. The van der Waals surface area contributed by atoms with E-state index in [1.807, 2.05) is 12.1 Å². The summed E-state index contributed by atoms with van der Waals surface area (Å²) in [6.07, 6.45) is 4.11. The number of fused-ring (bicyclic) bond motifs is 1. The molecule has 0 saturated heterocycles. The lowest BCUT2D eigenvalue weighted by atomic mass is 10.1. The zero-order valence-corrected chi connectivity index (χ0v) is 13.3. The Morgan fingerprint density at radius 1 is 1.18 bits per heavy atom. The molecule has 0 aliphatic carbocycles. The third-order valence-electron chi connectivity index (χ3n) is 3.55. The lowest BCUT2D eigenvalue weighted by Gasteiger charge is -2.02. The van der Waals surface area contributed by atoms with Gasteiger partial charge in [-0.25, -0.2) is 8.42 Å². The molecule has 1 aliphatic rings. The molecule has 4 nitrogen and oxygen atoms in total. The van der Waals surface area contributed by atoms with Crippen LogP contribution in [0.3, 0.4) is 0 Å². The molecule has 0 fully saturated rings. The van der Waals surface area contributed by atoms with Crippen LogP contribution >= 0.6 is 0 Å². The fourth-order valence-corrected chi connectivity index (χ4v) is 3.08. The second-order valence-electron chi connectivity index (χ2n) is 5.52. The summed E-state index contributed by atoms with van der Waals surface area (Å²) in [6.45, 7) is 2.05. The SMILES string of the molecule is CC1Cc2cc(C=Nc3ccc(S(C)(=O)=O)cc3)ccc2O1. The van der Waals surface area contributed by atoms with Gasteiger partial charge >= 0.3 is 0 Å². The molecular weight excluding hydrogens is 298 g/mol. The van der Waals surface area contributed by atoms with E-state index in [9.17, 15) is 8.42 Å². The molecule has 0 spiro atoms. The van der Waals surface area contributed by atoms with Crippen molar-refractivity contribution in [2.75, 3.05) is 6.26 Å². The summed E-state index contributed by atoms with van der Waals surface area (Å²) in [4.78, 5) is 4.68. The Morgan fingerprint density at radius 3 is 2.59 bits per heavy atom. The van der Waals surface area contributed by atoms with E-state index in [0.717, 1.165) is 23.4 Å². The molecule has 0 N–H and O–H groups in total. The Bertz CT molecular complexity index is 823. The molecule has 1 aliphatic heterocycles. The summed E-state index contributed by atoms with van der Waals surface area (Å²) in [7, 11) is -3.16. The van der Waals surface area contributed by atoms with Gasteiger partial charge in [-0.2, -0.15) is 0 Å². The zero-order valence-electron chi connectivity index (χ0n) is 12.5. The minimum absolute atomic E-state index is 0.228. The van der Waals surface area contributed by atoms with E-state index in [2.05, 4.69) is 18.0 Å². The monoisotopic (exact) mass is 315 g/mol. The van der Waals surface area contributed by atoms with Crippen LogP contribution in [0, 0.1) is 0 Å². The van der Waals surface area contributed by atoms with Gasteiger partial charge in [0.15, 0.2) is 9.84 Å². The Morgan fingerprint density at radius 2 is 1.91 bits per heavy atom. The number of nitrogens with zero attached hydrogens (tertiary/aromatic N) is 1. The van der Waals surface area contributed by atoms with Crippen LogP contribution in [0.15, 0.2) is 52.4 Å². The minimum Gasteiger partial charge on any atom is -0.490 e. The highest BCUT2D eigenvalue weighted by Gasteiger charge is 2.18. The summed E-state index contributed by atoms with van der Waals surface area (Å²) >= 11 is 0. The molecule has 1 unspecified atom stereocenters. The highest BCUT2D eigenvalue weighted by atomic mass is 32.2. The van der Waals surface area contributed by atoms with E-state index >= 15 is 0 Å².